The lowest BCUT2D eigenvalue weighted by Crippen LogP contribution is -2.27. The standard InChI is InChI=1S/C21H22N4O3/c1-14(16-4-5-18-17(13-16)3-2-12-27-18)23-19(26)6-7-20-24-21(25-28-20)15-8-10-22-11-9-15/h4-5,8-11,13-14H,2-3,6-7,12H2,1H3,(H,23,26). The summed E-state index contributed by atoms with van der Waals surface area (Å²) < 4.78 is 10.9. The first-order valence-electron chi connectivity index (χ1n) is 9.47. The number of pyridine rings is 1. The number of aryl methyl sites for hydroxylation is 2. The second-order valence-corrected chi connectivity index (χ2v) is 6.86. The number of benzene rings is 1. The molecule has 2 aromatic heterocycles. The monoisotopic (exact) mass is 378 g/mol. The van der Waals surface area contributed by atoms with E-state index in [1.165, 1.54) is 5.56 Å². The van der Waals surface area contributed by atoms with Gasteiger partial charge in [0.15, 0.2) is 0 Å². The van der Waals surface area contributed by atoms with E-state index in [-0.39, 0.29) is 18.4 Å². The van der Waals surface area contributed by atoms with Gasteiger partial charge in [-0.25, -0.2) is 0 Å². The van der Waals surface area contributed by atoms with E-state index in [1.54, 1.807) is 12.4 Å². The molecule has 144 valence electrons. The summed E-state index contributed by atoms with van der Waals surface area (Å²) >= 11 is 0. The second-order valence-electron chi connectivity index (χ2n) is 6.86. The second kappa shape index (κ2) is 8.21. The van der Waals surface area contributed by atoms with Crippen LogP contribution in [0, 0.1) is 0 Å². The van der Waals surface area contributed by atoms with Crippen LogP contribution in [0.1, 0.15) is 42.8 Å². The first-order chi connectivity index (χ1) is 13.7. The quantitative estimate of drug-likeness (QED) is 0.708. The summed E-state index contributed by atoms with van der Waals surface area (Å²) in [6, 6.07) is 9.67. The van der Waals surface area contributed by atoms with E-state index < -0.39 is 0 Å². The van der Waals surface area contributed by atoms with E-state index in [1.807, 2.05) is 31.2 Å². The number of hydrogen-bond acceptors (Lipinski definition) is 6. The van der Waals surface area contributed by atoms with Crippen molar-refractivity contribution in [2.24, 2.45) is 0 Å². The van der Waals surface area contributed by atoms with Crippen molar-refractivity contribution in [3.8, 4) is 17.1 Å². The summed E-state index contributed by atoms with van der Waals surface area (Å²) in [7, 11) is 0. The van der Waals surface area contributed by atoms with Gasteiger partial charge in [-0.3, -0.25) is 9.78 Å². The van der Waals surface area contributed by atoms with Gasteiger partial charge in [0.25, 0.3) is 0 Å². The molecule has 7 heteroatoms. The molecule has 1 aliphatic rings. The zero-order valence-electron chi connectivity index (χ0n) is 15.7. The van der Waals surface area contributed by atoms with Crippen LogP contribution >= 0.6 is 0 Å². The molecule has 1 N–H and O–H groups in total. The van der Waals surface area contributed by atoms with Gasteiger partial charge in [0.2, 0.25) is 17.6 Å². The molecule has 0 saturated heterocycles. The Kier molecular flexibility index (Phi) is 5.32. The van der Waals surface area contributed by atoms with E-state index in [0.29, 0.717) is 18.1 Å². The van der Waals surface area contributed by atoms with Gasteiger partial charge >= 0.3 is 0 Å². The average molecular weight is 378 g/mol. The lowest BCUT2D eigenvalue weighted by molar-refractivity contribution is -0.121. The van der Waals surface area contributed by atoms with Crippen LogP contribution in [0.5, 0.6) is 5.75 Å². The van der Waals surface area contributed by atoms with Crippen LogP contribution in [0.15, 0.2) is 47.2 Å². The molecule has 1 atom stereocenters. The van der Waals surface area contributed by atoms with Gasteiger partial charge < -0.3 is 14.6 Å². The number of nitrogens with one attached hydrogen (secondary N) is 1. The fourth-order valence-corrected chi connectivity index (χ4v) is 3.24. The van der Waals surface area contributed by atoms with Crippen molar-refractivity contribution in [1.29, 1.82) is 0 Å². The lowest BCUT2D eigenvalue weighted by Gasteiger charge is -2.20. The molecule has 0 saturated carbocycles. The minimum Gasteiger partial charge on any atom is -0.493 e. The molecule has 0 spiro atoms. The Morgan fingerprint density at radius 2 is 2.11 bits per heavy atom. The van der Waals surface area contributed by atoms with Gasteiger partial charge in [0.1, 0.15) is 5.75 Å². The Bertz CT molecular complexity index is 955. The fourth-order valence-electron chi connectivity index (χ4n) is 3.24. The Hall–Kier alpha value is -3.22. The van der Waals surface area contributed by atoms with Gasteiger partial charge in [-0.05, 0) is 49.1 Å². The summed E-state index contributed by atoms with van der Waals surface area (Å²) in [5, 5.41) is 6.99. The van der Waals surface area contributed by atoms with Crippen molar-refractivity contribution in [3.05, 3.63) is 59.7 Å². The van der Waals surface area contributed by atoms with Crippen molar-refractivity contribution in [2.45, 2.75) is 38.6 Å². The number of nitrogens with zero attached hydrogens (tertiary/aromatic N) is 3. The summed E-state index contributed by atoms with van der Waals surface area (Å²) in [4.78, 5) is 20.6. The molecule has 3 heterocycles. The van der Waals surface area contributed by atoms with Crippen LogP contribution in [0.3, 0.4) is 0 Å². The number of amides is 1. The summed E-state index contributed by atoms with van der Waals surface area (Å²) in [6.45, 7) is 2.76. The van der Waals surface area contributed by atoms with Crippen molar-refractivity contribution in [1.82, 2.24) is 20.4 Å². The summed E-state index contributed by atoms with van der Waals surface area (Å²) in [6.07, 6.45) is 6.08. The SMILES string of the molecule is CC(NC(=O)CCc1nc(-c2ccncc2)no1)c1ccc2c(c1)CCCO2. The minimum absolute atomic E-state index is 0.0508. The molecule has 0 radical (unpaired) electrons. The molecule has 1 amide bonds. The maximum Gasteiger partial charge on any atom is 0.227 e. The predicted molar refractivity (Wildman–Crippen MR) is 103 cm³/mol. The van der Waals surface area contributed by atoms with Crippen LogP contribution in [0.25, 0.3) is 11.4 Å². The van der Waals surface area contributed by atoms with Crippen molar-refractivity contribution in [2.75, 3.05) is 6.61 Å². The molecule has 28 heavy (non-hydrogen) atoms. The van der Waals surface area contributed by atoms with Crippen LogP contribution in [-0.4, -0.2) is 27.6 Å². The largest absolute Gasteiger partial charge is 0.493 e. The smallest absolute Gasteiger partial charge is 0.227 e. The number of carbonyl (C=O) groups is 1. The Balaban J connectivity index is 1.31. The highest BCUT2D eigenvalue weighted by Crippen LogP contribution is 2.27. The number of aromatic nitrogens is 3. The maximum absolute atomic E-state index is 12.3. The van der Waals surface area contributed by atoms with Gasteiger partial charge in [-0.2, -0.15) is 4.98 Å². The van der Waals surface area contributed by atoms with Gasteiger partial charge in [-0.1, -0.05) is 17.3 Å². The van der Waals surface area contributed by atoms with E-state index in [9.17, 15) is 4.79 Å². The van der Waals surface area contributed by atoms with E-state index >= 15 is 0 Å². The number of ether oxygens (including phenoxy) is 1. The van der Waals surface area contributed by atoms with E-state index in [4.69, 9.17) is 9.26 Å². The molecule has 0 bridgehead atoms. The average Bonchev–Trinajstić information content (AvgIpc) is 3.22. The third-order valence-electron chi connectivity index (χ3n) is 4.78. The minimum atomic E-state index is -0.0743. The molecule has 1 aliphatic heterocycles. The normalized spacial score (nSPS) is 14.0. The van der Waals surface area contributed by atoms with Gasteiger partial charge in [0.05, 0.1) is 12.6 Å². The predicted octanol–water partition coefficient (Wildman–Crippen LogP) is 3.27. The Morgan fingerprint density at radius 1 is 1.25 bits per heavy atom. The molecule has 1 aromatic carbocycles. The molecular weight excluding hydrogens is 356 g/mol. The summed E-state index contributed by atoms with van der Waals surface area (Å²) in [5.74, 6) is 1.85. The highest BCUT2D eigenvalue weighted by atomic mass is 16.5. The molecule has 7 nitrogen and oxygen atoms in total. The van der Waals surface area contributed by atoms with Crippen molar-refractivity contribution in [3.63, 3.8) is 0 Å². The lowest BCUT2D eigenvalue weighted by atomic mass is 10.00. The molecule has 3 aromatic rings. The van der Waals surface area contributed by atoms with Gasteiger partial charge in [-0.15, -0.1) is 0 Å². The van der Waals surface area contributed by atoms with Crippen LogP contribution in [-0.2, 0) is 17.6 Å². The Morgan fingerprint density at radius 3 is 2.96 bits per heavy atom. The van der Waals surface area contributed by atoms with E-state index in [0.717, 1.165) is 36.3 Å². The van der Waals surface area contributed by atoms with Crippen LogP contribution < -0.4 is 10.1 Å². The van der Waals surface area contributed by atoms with Gasteiger partial charge in [0, 0.05) is 30.8 Å². The van der Waals surface area contributed by atoms with Crippen LogP contribution in [0.4, 0.5) is 0 Å². The molecule has 0 aliphatic carbocycles. The Labute approximate surface area is 163 Å². The molecule has 4 rings (SSSR count). The van der Waals surface area contributed by atoms with Crippen LogP contribution in [0.2, 0.25) is 0 Å². The fraction of sp³-hybridized carbons (Fsp3) is 0.333. The zero-order chi connectivity index (χ0) is 19.3. The first-order valence-corrected chi connectivity index (χ1v) is 9.47. The number of rotatable bonds is 6. The number of hydrogen-bond donors (Lipinski definition) is 1. The van der Waals surface area contributed by atoms with Crippen molar-refractivity contribution < 1.29 is 14.1 Å². The molecule has 0 fully saturated rings. The number of fused-ring (bicyclic) bond motifs is 1. The number of carbonyl (C=O) groups excluding carboxylic acids is 1. The highest BCUT2D eigenvalue weighted by Gasteiger charge is 2.16. The summed E-state index contributed by atoms with van der Waals surface area (Å²) in [5.41, 5.74) is 3.12. The molecule has 1 unspecified atom stereocenters. The first kappa shape index (κ1) is 18.2. The zero-order valence-corrected chi connectivity index (χ0v) is 15.7. The third-order valence-corrected chi connectivity index (χ3v) is 4.78. The van der Waals surface area contributed by atoms with Crippen molar-refractivity contribution >= 4 is 5.91 Å². The third kappa shape index (κ3) is 4.19. The maximum atomic E-state index is 12.3. The highest BCUT2D eigenvalue weighted by molar-refractivity contribution is 5.76. The molecular formula is C21H22N4O3. The van der Waals surface area contributed by atoms with E-state index in [2.05, 4.69) is 26.5 Å². The topological polar surface area (TPSA) is 90.1 Å².